The predicted molar refractivity (Wildman–Crippen MR) is 60.7 cm³/mol. The van der Waals surface area contributed by atoms with Gasteiger partial charge in [-0.05, 0) is 0 Å². The average molecular weight is 243 g/mol. The Bertz CT molecular complexity index is 503. The highest BCUT2D eigenvalue weighted by molar-refractivity contribution is 7.99. The van der Waals surface area contributed by atoms with Crippen molar-refractivity contribution >= 4 is 17.5 Å². The van der Waals surface area contributed by atoms with Crippen molar-refractivity contribution in [2.24, 2.45) is 13.0 Å². The number of aromatic nitrogens is 3. The summed E-state index contributed by atoms with van der Waals surface area (Å²) < 4.78 is 1.34. The van der Waals surface area contributed by atoms with E-state index >= 15 is 0 Å². The van der Waals surface area contributed by atoms with Gasteiger partial charge in [-0.2, -0.15) is 4.98 Å². The second-order valence-corrected chi connectivity index (χ2v) is 4.55. The van der Waals surface area contributed by atoms with Crippen LogP contribution in [0.1, 0.15) is 13.8 Å². The van der Waals surface area contributed by atoms with Gasteiger partial charge in [0.05, 0.1) is 5.75 Å². The Hall–Kier alpha value is -1.37. The average Bonchev–Trinajstić information content (AvgIpc) is 2.20. The molecule has 0 bridgehead atoms. The molecule has 1 N–H and O–H groups in total. The van der Waals surface area contributed by atoms with Gasteiger partial charge < -0.3 is 0 Å². The van der Waals surface area contributed by atoms with Crippen LogP contribution in [-0.2, 0) is 11.8 Å². The maximum Gasteiger partial charge on any atom is 0.339 e. The fourth-order valence-electron chi connectivity index (χ4n) is 0.892. The minimum atomic E-state index is -0.836. The topological polar surface area (TPSA) is 84.8 Å². The molecule has 0 fully saturated rings. The number of aryl methyl sites for hydroxylation is 1. The molecule has 0 radical (unpaired) electrons. The third kappa shape index (κ3) is 3.06. The molecule has 0 aromatic carbocycles. The number of nitrogens with zero attached hydrogens (tertiary/aromatic N) is 2. The van der Waals surface area contributed by atoms with E-state index in [1.54, 1.807) is 7.05 Å². The highest BCUT2D eigenvalue weighted by atomic mass is 32.2. The molecule has 1 rings (SSSR count). The van der Waals surface area contributed by atoms with E-state index in [2.05, 4.69) is 10.1 Å². The Morgan fingerprint density at radius 2 is 2.12 bits per heavy atom. The summed E-state index contributed by atoms with van der Waals surface area (Å²) in [6, 6.07) is 0. The van der Waals surface area contributed by atoms with Crippen molar-refractivity contribution in [3.05, 3.63) is 20.7 Å². The summed E-state index contributed by atoms with van der Waals surface area (Å²) >= 11 is 1.14. The molecule has 16 heavy (non-hydrogen) atoms. The number of hydrogen-bond donors (Lipinski definition) is 1. The number of hydrogen-bond acceptors (Lipinski definition) is 5. The van der Waals surface area contributed by atoms with Gasteiger partial charge in [-0.3, -0.25) is 24.2 Å². The first-order valence-electron chi connectivity index (χ1n) is 4.74. The molecule has 1 heterocycles. The van der Waals surface area contributed by atoms with E-state index in [9.17, 15) is 14.4 Å². The Morgan fingerprint density at radius 3 is 2.69 bits per heavy atom. The van der Waals surface area contributed by atoms with Crippen LogP contribution in [0.4, 0.5) is 0 Å². The SMILES string of the molecule is CC(C)C(=O)CSc1nc(=O)c(=O)[nH]n1C. The van der Waals surface area contributed by atoms with Crippen molar-refractivity contribution in [3.63, 3.8) is 0 Å². The van der Waals surface area contributed by atoms with Crippen LogP contribution in [-0.4, -0.2) is 26.3 Å². The van der Waals surface area contributed by atoms with Crippen molar-refractivity contribution in [2.75, 3.05) is 5.75 Å². The summed E-state index contributed by atoms with van der Waals surface area (Å²) in [6.07, 6.45) is 0. The molecule has 6 nitrogen and oxygen atoms in total. The van der Waals surface area contributed by atoms with Gasteiger partial charge in [-0.25, -0.2) is 0 Å². The number of ketones is 1. The first-order valence-corrected chi connectivity index (χ1v) is 5.73. The maximum absolute atomic E-state index is 11.4. The third-order valence-corrected chi connectivity index (χ3v) is 2.99. The molecule has 1 aromatic heterocycles. The van der Waals surface area contributed by atoms with E-state index in [1.165, 1.54) is 4.68 Å². The van der Waals surface area contributed by atoms with Gasteiger partial charge in [-0.15, -0.1) is 0 Å². The highest BCUT2D eigenvalue weighted by Gasteiger charge is 2.10. The maximum atomic E-state index is 11.4. The molecule has 0 spiro atoms. The largest absolute Gasteiger partial charge is 0.339 e. The zero-order valence-electron chi connectivity index (χ0n) is 9.31. The molecular weight excluding hydrogens is 230 g/mol. The molecule has 0 aliphatic rings. The molecule has 0 atom stereocenters. The summed E-state index contributed by atoms with van der Waals surface area (Å²) in [5, 5.41) is 2.65. The molecule has 0 aliphatic carbocycles. The van der Waals surface area contributed by atoms with Crippen LogP contribution < -0.4 is 11.1 Å². The van der Waals surface area contributed by atoms with Crippen molar-refractivity contribution in [1.82, 2.24) is 14.8 Å². The summed E-state index contributed by atoms with van der Waals surface area (Å²) in [6.45, 7) is 3.62. The highest BCUT2D eigenvalue weighted by Crippen LogP contribution is 2.13. The van der Waals surface area contributed by atoms with Gasteiger partial charge in [-0.1, -0.05) is 25.6 Å². The number of thioether (sulfide) groups is 1. The van der Waals surface area contributed by atoms with Gasteiger partial charge in [0.15, 0.2) is 5.16 Å². The lowest BCUT2D eigenvalue weighted by Crippen LogP contribution is -2.34. The first kappa shape index (κ1) is 12.7. The summed E-state index contributed by atoms with van der Waals surface area (Å²) in [5.74, 6) is 0.266. The number of nitrogens with one attached hydrogen (secondary N) is 1. The number of Topliss-reactive ketones (excluding diaryl/α,β-unsaturated/α-hetero) is 1. The van der Waals surface area contributed by atoms with E-state index in [1.807, 2.05) is 13.8 Å². The fraction of sp³-hybridized carbons (Fsp3) is 0.556. The lowest BCUT2D eigenvalue weighted by Gasteiger charge is -2.06. The van der Waals surface area contributed by atoms with Gasteiger partial charge in [0.25, 0.3) is 0 Å². The molecular formula is C9H13N3O3S. The second-order valence-electron chi connectivity index (χ2n) is 3.61. The number of aromatic amines is 1. The lowest BCUT2D eigenvalue weighted by molar-refractivity contribution is -0.119. The minimum absolute atomic E-state index is 0.0488. The van der Waals surface area contributed by atoms with Crippen LogP contribution in [0.25, 0.3) is 0 Å². The van der Waals surface area contributed by atoms with Gasteiger partial charge >= 0.3 is 11.1 Å². The standard InChI is InChI=1S/C9H13N3O3S/c1-5(2)6(13)4-16-9-10-7(14)8(15)11-12(9)3/h5H,4H2,1-3H3,(H,11,15). The van der Waals surface area contributed by atoms with Crippen molar-refractivity contribution in [2.45, 2.75) is 19.0 Å². The molecule has 0 aliphatic heterocycles. The normalized spacial score (nSPS) is 10.8. The summed E-state index contributed by atoms with van der Waals surface area (Å²) in [5.41, 5.74) is -1.60. The number of carbonyl (C=O) groups is 1. The van der Waals surface area contributed by atoms with Crippen molar-refractivity contribution < 1.29 is 4.79 Å². The fourth-order valence-corrected chi connectivity index (χ4v) is 1.88. The van der Waals surface area contributed by atoms with E-state index < -0.39 is 11.1 Å². The Kier molecular flexibility index (Phi) is 4.05. The van der Waals surface area contributed by atoms with Gasteiger partial charge in [0.2, 0.25) is 0 Å². The monoisotopic (exact) mass is 243 g/mol. The molecule has 0 saturated heterocycles. The second kappa shape index (κ2) is 5.11. The van der Waals surface area contributed by atoms with Crippen LogP contribution >= 0.6 is 11.8 Å². The van der Waals surface area contributed by atoms with E-state index in [0.717, 1.165) is 11.8 Å². The molecule has 88 valence electrons. The molecule has 0 saturated carbocycles. The number of rotatable bonds is 4. The summed E-state index contributed by atoms with van der Waals surface area (Å²) in [7, 11) is 1.57. The predicted octanol–water partition coefficient (Wildman–Crippen LogP) is -0.214. The van der Waals surface area contributed by atoms with Crippen LogP contribution in [0.15, 0.2) is 14.7 Å². The summed E-state index contributed by atoms with van der Waals surface area (Å²) in [4.78, 5) is 36.9. The zero-order chi connectivity index (χ0) is 12.3. The lowest BCUT2D eigenvalue weighted by atomic mass is 10.1. The number of H-pyrrole nitrogens is 1. The van der Waals surface area contributed by atoms with Crippen molar-refractivity contribution in [3.8, 4) is 0 Å². The molecule has 7 heteroatoms. The smallest absolute Gasteiger partial charge is 0.298 e. The Balaban J connectivity index is 2.83. The van der Waals surface area contributed by atoms with E-state index in [-0.39, 0.29) is 17.5 Å². The molecule has 1 aromatic rings. The first-order chi connectivity index (χ1) is 7.41. The van der Waals surface area contributed by atoms with Crippen molar-refractivity contribution in [1.29, 1.82) is 0 Å². The third-order valence-electron chi connectivity index (χ3n) is 1.94. The van der Waals surface area contributed by atoms with Crippen LogP contribution in [0.5, 0.6) is 0 Å². The quantitative estimate of drug-likeness (QED) is 0.584. The van der Waals surface area contributed by atoms with E-state index in [0.29, 0.717) is 5.16 Å². The van der Waals surface area contributed by atoms with Crippen LogP contribution in [0.3, 0.4) is 0 Å². The Labute approximate surface area is 96.1 Å². The van der Waals surface area contributed by atoms with Gasteiger partial charge in [0.1, 0.15) is 5.78 Å². The van der Waals surface area contributed by atoms with Gasteiger partial charge in [0, 0.05) is 13.0 Å². The minimum Gasteiger partial charge on any atom is -0.298 e. The Morgan fingerprint density at radius 1 is 1.50 bits per heavy atom. The number of carbonyl (C=O) groups excluding carboxylic acids is 1. The zero-order valence-corrected chi connectivity index (χ0v) is 10.1. The molecule has 0 amide bonds. The van der Waals surface area contributed by atoms with Crippen LogP contribution in [0.2, 0.25) is 0 Å². The van der Waals surface area contributed by atoms with E-state index in [4.69, 9.17) is 0 Å². The van der Waals surface area contributed by atoms with Crippen LogP contribution in [0, 0.1) is 5.92 Å². The molecule has 0 unspecified atom stereocenters.